The van der Waals surface area contributed by atoms with Gasteiger partial charge in [-0.15, -0.1) is 0 Å². The van der Waals surface area contributed by atoms with Crippen molar-refractivity contribution in [1.82, 2.24) is 5.32 Å². The number of hydrogen-bond donors (Lipinski definition) is 1. The molecule has 82 valence electrons. The third-order valence-electron chi connectivity index (χ3n) is 4.07. The molecule has 1 nitrogen and oxygen atoms in total. The normalized spacial score (nSPS) is 26.4. The molecule has 0 aromatic carbocycles. The molecule has 0 unspecified atom stereocenters. The van der Waals surface area contributed by atoms with Crippen molar-refractivity contribution in [3.63, 3.8) is 0 Å². The summed E-state index contributed by atoms with van der Waals surface area (Å²) >= 11 is 0. The largest absolute Gasteiger partial charge is 0.314 e. The van der Waals surface area contributed by atoms with Crippen LogP contribution in [0.1, 0.15) is 58.3 Å². The van der Waals surface area contributed by atoms with Crippen molar-refractivity contribution in [3.05, 3.63) is 0 Å². The molecule has 0 heterocycles. The molecule has 2 aliphatic carbocycles. The van der Waals surface area contributed by atoms with E-state index in [9.17, 15) is 0 Å². The van der Waals surface area contributed by atoms with Crippen LogP contribution in [0.25, 0.3) is 0 Å². The van der Waals surface area contributed by atoms with Crippen LogP contribution < -0.4 is 5.32 Å². The highest BCUT2D eigenvalue weighted by Crippen LogP contribution is 2.32. The summed E-state index contributed by atoms with van der Waals surface area (Å²) in [6.45, 7) is 3.66. The van der Waals surface area contributed by atoms with Gasteiger partial charge in [0.1, 0.15) is 0 Å². The maximum Gasteiger partial charge on any atom is 0.00669 e. The number of rotatable bonds is 5. The first-order chi connectivity index (χ1) is 6.86. The zero-order valence-electron chi connectivity index (χ0n) is 9.60. The summed E-state index contributed by atoms with van der Waals surface area (Å²) in [6.07, 6.45) is 11.8. The van der Waals surface area contributed by atoms with Crippen molar-refractivity contribution >= 4 is 0 Å². The van der Waals surface area contributed by atoms with Crippen LogP contribution in [0.3, 0.4) is 0 Å². The Morgan fingerprint density at radius 1 is 1.07 bits per heavy atom. The second-order valence-electron chi connectivity index (χ2n) is 5.37. The monoisotopic (exact) mass is 195 g/mol. The Kier molecular flexibility index (Phi) is 3.86. The average molecular weight is 195 g/mol. The lowest BCUT2D eigenvalue weighted by atomic mass is 9.84. The molecular weight excluding hydrogens is 170 g/mol. The van der Waals surface area contributed by atoms with E-state index in [1.165, 1.54) is 57.9 Å². The van der Waals surface area contributed by atoms with Crippen LogP contribution >= 0.6 is 0 Å². The van der Waals surface area contributed by atoms with E-state index >= 15 is 0 Å². The van der Waals surface area contributed by atoms with E-state index in [1.807, 2.05) is 0 Å². The van der Waals surface area contributed by atoms with Crippen molar-refractivity contribution in [2.45, 2.75) is 64.3 Å². The van der Waals surface area contributed by atoms with Crippen molar-refractivity contribution < 1.29 is 0 Å². The summed E-state index contributed by atoms with van der Waals surface area (Å²) in [5.74, 6) is 2.06. The van der Waals surface area contributed by atoms with Gasteiger partial charge in [-0.25, -0.2) is 0 Å². The molecule has 0 saturated heterocycles. The Balaban J connectivity index is 1.57. The van der Waals surface area contributed by atoms with Crippen molar-refractivity contribution in [3.8, 4) is 0 Å². The van der Waals surface area contributed by atoms with Crippen LogP contribution in [0.15, 0.2) is 0 Å². The molecule has 2 saturated carbocycles. The van der Waals surface area contributed by atoms with Crippen molar-refractivity contribution in [1.29, 1.82) is 0 Å². The van der Waals surface area contributed by atoms with Crippen molar-refractivity contribution in [2.24, 2.45) is 11.8 Å². The van der Waals surface area contributed by atoms with Gasteiger partial charge in [0.25, 0.3) is 0 Å². The summed E-state index contributed by atoms with van der Waals surface area (Å²) in [4.78, 5) is 0. The summed E-state index contributed by atoms with van der Waals surface area (Å²) in [7, 11) is 0. The molecule has 2 rings (SSSR count). The summed E-state index contributed by atoms with van der Waals surface area (Å²) in [5, 5.41) is 3.72. The lowest BCUT2D eigenvalue weighted by Gasteiger charge is -2.28. The highest BCUT2D eigenvalue weighted by molar-refractivity contribution is 4.78. The zero-order chi connectivity index (χ0) is 9.80. The van der Waals surface area contributed by atoms with Crippen LogP contribution in [0.5, 0.6) is 0 Å². The van der Waals surface area contributed by atoms with Gasteiger partial charge >= 0.3 is 0 Å². The van der Waals surface area contributed by atoms with Gasteiger partial charge in [0.15, 0.2) is 0 Å². The molecule has 2 aliphatic rings. The second kappa shape index (κ2) is 5.16. The first kappa shape index (κ1) is 10.5. The van der Waals surface area contributed by atoms with Gasteiger partial charge in [-0.1, -0.05) is 32.1 Å². The molecule has 1 atom stereocenters. The molecule has 0 aromatic rings. The van der Waals surface area contributed by atoms with Gasteiger partial charge in [0.2, 0.25) is 0 Å². The molecule has 1 N–H and O–H groups in total. The van der Waals surface area contributed by atoms with E-state index in [1.54, 1.807) is 0 Å². The third kappa shape index (κ3) is 3.27. The molecular formula is C13H25N. The van der Waals surface area contributed by atoms with Crippen LogP contribution in [-0.2, 0) is 0 Å². The van der Waals surface area contributed by atoms with Gasteiger partial charge in [-0.2, -0.15) is 0 Å². The quantitative estimate of drug-likeness (QED) is 0.709. The fourth-order valence-electron chi connectivity index (χ4n) is 2.72. The van der Waals surface area contributed by atoms with E-state index in [0.717, 1.165) is 17.9 Å². The second-order valence-corrected chi connectivity index (χ2v) is 5.37. The molecule has 0 spiro atoms. The highest BCUT2D eigenvalue weighted by atomic mass is 14.9. The van der Waals surface area contributed by atoms with E-state index in [4.69, 9.17) is 0 Å². The lowest BCUT2D eigenvalue weighted by molar-refractivity contribution is 0.280. The Morgan fingerprint density at radius 3 is 2.43 bits per heavy atom. The van der Waals surface area contributed by atoms with Crippen LogP contribution in [0.2, 0.25) is 0 Å². The van der Waals surface area contributed by atoms with Gasteiger partial charge in [0, 0.05) is 6.04 Å². The molecule has 2 fully saturated rings. The Bertz CT molecular complexity index is 157. The van der Waals surface area contributed by atoms with Gasteiger partial charge in [0.05, 0.1) is 0 Å². The topological polar surface area (TPSA) is 12.0 Å². The Hall–Kier alpha value is -0.0400. The molecule has 0 aliphatic heterocycles. The standard InChI is InChI=1S/C13H25N/c1-11(13-5-3-2-4-6-13)14-10-9-12-7-8-12/h11-14H,2-10H2,1H3/t11-/m1/s1. The average Bonchev–Trinajstić information content (AvgIpc) is 3.03. The molecule has 0 amide bonds. The van der Waals surface area contributed by atoms with Gasteiger partial charge < -0.3 is 5.32 Å². The predicted octanol–water partition coefficient (Wildman–Crippen LogP) is 3.34. The molecule has 0 bridgehead atoms. The highest BCUT2D eigenvalue weighted by Gasteiger charge is 2.22. The Morgan fingerprint density at radius 2 is 1.79 bits per heavy atom. The maximum absolute atomic E-state index is 3.72. The van der Waals surface area contributed by atoms with Gasteiger partial charge in [-0.3, -0.25) is 0 Å². The SMILES string of the molecule is C[C@@H](NCCC1CC1)C1CCCCC1. The minimum absolute atomic E-state index is 0.772. The summed E-state index contributed by atoms with van der Waals surface area (Å²) < 4.78 is 0. The summed E-state index contributed by atoms with van der Waals surface area (Å²) in [6, 6.07) is 0.772. The number of nitrogens with one attached hydrogen (secondary N) is 1. The first-order valence-electron chi connectivity index (χ1n) is 6.59. The zero-order valence-corrected chi connectivity index (χ0v) is 9.60. The number of hydrogen-bond acceptors (Lipinski definition) is 1. The minimum atomic E-state index is 0.772. The van der Waals surface area contributed by atoms with Crippen LogP contribution in [-0.4, -0.2) is 12.6 Å². The smallest absolute Gasteiger partial charge is 0.00669 e. The van der Waals surface area contributed by atoms with E-state index in [0.29, 0.717) is 0 Å². The third-order valence-corrected chi connectivity index (χ3v) is 4.07. The maximum atomic E-state index is 3.72. The van der Waals surface area contributed by atoms with Gasteiger partial charge in [-0.05, 0) is 44.6 Å². The lowest BCUT2D eigenvalue weighted by Crippen LogP contribution is -2.35. The molecule has 0 radical (unpaired) electrons. The predicted molar refractivity (Wildman–Crippen MR) is 61.4 cm³/mol. The van der Waals surface area contributed by atoms with Crippen LogP contribution in [0.4, 0.5) is 0 Å². The summed E-state index contributed by atoms with van der Waals surface area (Å²) in [5.41, 5.74) is 0. The van der Waals surface area contributed by atoms with Crippen molar-refractivity contribution in [2.75, 3.05) is 6.54 Å². The van der Waals surface area contributed by atoms with E-state index in [-0.39, 0.29) is 0 Å². The van der Waals surface area contributed by atoms with E-state index < -0.39 is 0 Å². The fourth-order valence-corrected chi connectivity index (χ4v) is 2.72. The fraction of sp³-hybridized carbons (Fsp3) is 1.00. The first-order valence-corrected chi connectivity index (χ1v) is 6.59. The molecule has 1 heteroatoms. The van der Waals surface area contributed by atoms with Crippen LogP contribution in [0, 0.1) is 11.8 Å². The minimum Gasteiger partial charge on any atom is -0.314 e. The molecule has 0 aromatic heterocycles. The Labute approximate surface area is 88.7 Å². The molecule has 14 heavy (non-hydrogen) atoms. The van der Waals surface area contributed by atoms with E-state index in [2.05, 4.69) is 12.2 Å².